The van der Waals surface area contributed by atoms with Crippen molar-refractivity contribution in [3.63, 3.8) is 0 Å². The van der Waals surface area contributed by atoms with Gasteiger partial charge in [0.2, 0.25) is 0 Å². The molecule has 1 N–H and O–H groups in total. The molecule has 0 aromatic carbocycles. The van der Waals surface area contributed by atoms with Gasteiger partial charge in [-0.25, -0.2) is 14.8 Å². The second-order valence-electron chi connectivity index (χ2n) is 5.43. The van der Waals surface area contributed by atoms with E-state index in [0.29, 0.717) is 11.5 Å². The second-order valence-corrected chi connectivity index (χ2v) is 5.43. The van der Waals surface area contributed by atoms with Crippen LogP contribution in [-0.4, -0.2) is 26.6 Å². The minimum atomic E-state index is -0.527. The molecule has 0 fully saturated rings. The third-order valence-electron chi connectivity index (χ3n) is 2.42. The summed E-state index contributed by atoms with van der Waals surface area (Å²) in [7, 11) is 0. The highest BCUT2D eigenvalue weighted by atomic mass is 16.6. The number of amides is 1. The maximum absolute atomic E-state index is 11.6. The number of hydrogen-bond acceptors (Lipinski definition) is 5. The quantitative estimate of drug-likeness (QED) is 0.938. The van der Waals surface area contributed by atoms with Crippen LogP contribution in [-0.2, 0) is 11.3 Å². The molecule has 2 aromatic rings. The standard InChI is InChI=1S/C15H18N4O2/c1-15(2,3)21-14(20)18-10-13-17-9-7-12(19-13)11-6-4-5-8-16-11/h4-9H,10H2,1-3H3,(H,18,20). The highest BCUT2D eigenvalue weighted by molar-refractivity contribution is 5.67. The summed E-state index contributed by atoms with van der Waals surface area (Å²) in [6.45, 7) is 5.63. The molecule has 0 saturated carbocycles. The number of hydrogen-bond donors (Lipinski definition) is 1. The van der Waals surface area contributed by atoms with Crippen molar-refractivity contribution in [3.8, 4) is 11.4 Å². The van der Waals surface area contributed by atoms with Crippen molar-refractivity contribution in [1.82, 2.24) is 20.3 Å². The molecule has 0 radical (unpaired) electrons. The van der Waals surface area contributed by atoms with E-state index >= 15 is 0 Å². The van der Waals surface area contributed by atoms with Gasteiger partial charge in [0.05, 0.1) is 17.9 Å². The molecular weight excluding hydrogens is 268 g/mol. The molecule has 2 rings (SSSR count). The van der Waals surface area contributed by atoms with E-state index in [9.17, 15) is 4.79 Å². The monoisotopic (exact) mass is 286 g/mol. The zero-order chi connectivity index (χ0) is 15.3. The Balaban J connectivity index is 2.01. The van der Waals surface area contributed by atoms with Gasteiger partial charge in [-0.05, 0) is 39.0 Å². The Morgan fingerprint density at radius 2 is 1.95 bits per heavy atom. The number of nitrogens with one attached hydrogen (secondary N) is 1. The number of carbonyl (C=O) groups is 1. The molecule has 0 aliphatic carbocycles. The summed E-state index contributed by atoms with van der Waals surface area (Å²) in [5.41, 5.74) is 0.950. The van der Waals surface area contributed by atoms with Crippen molar-refractivity contribution in [2.24, 2.45) is 0 Å². The van der Waals surface area contributed by atoms with Crippen LogP contribution in [0.1, 0.15) is 26.6 Å². The number of rotatable bonds is 3. The average molecular weight is 286 g/mol. The molecule has 2 aromatic heterocycles. The summed E-state index contributed by atoms with van der Waals surface area (Å²) < 4.78 is 5.16. The Morgan fingerprint density at radius 1 is 1.14 bits per heavy atom. The van der Waals surface area contributed by atoms with E-state index < -0.39 is 11.7 Å². The first kappa shape index (κ1) is 14.9. The maximum atomic E-state index is 11.6. The molecule has 0 unspecified atom stereocenters. The molecule has 21 heavy (non-hydrogen) atoms. The number of carbonyl (C=O) groups excluding carboxylic acids is 1. The number of ether oxygens (including phenoxy) is 1. The Labute approximate surface area is 123 Å². The number of alkyl carbamates (subject to hydrolysis) is 1. The predicted octanol–water partition coefficient (Wildman–Crippen LogP) is 2.56. The average Bonchev–Trinajstić information content (AvgIpc) is 2.45. The van der Waals surface area contributed by atoms with Crippen LogP contribution in [0.2, 0.25) is 0 Å². The molecule has 110 valence electrons. The summed E-state index contributed by atoms with van der Waals surface area (Å²) in [4.78, 5) is 24.3. The molecule has 0 bridgehead atoms. The Bertz CT molecular complexity index is 609. The largest absolute Gasteiger partial charge is 0.444 e. The highest BCUT2D eigenvalue weighted by Gasteiger charge is 2.16. The van der Waals surface area contributed by atoms with Gasteiger partial charge in [0.25, 0.3) is 0 Å². The van der Waals surface area contributed by atoms with Crippen LogP contribution in [0.5, 0.6) is 0 Å². The van der Waals surface area contributed by atoms with Crippen molar-refractivity contribution in [3.05, 3.63) is 42.5 Å². The van der Waals surface area contributed by atoms with Crippen LogP contribution in [0.4, 0.5) is 4.79 Å². The third kappa shape index (κ3) is 4.83. The zero-order valence-corrected chi connectivity index (χ0v) is 12.3. The lowest BCUT2D eigenvalue weighted by atomic mass is 10.2. The molecule has 0 aliphatic rings. The molecule has 0 aliphatic heterocycles. The number of aromatic nitrogens is 3. The van der Waals surface area contributed by atoms with Gasteiger partial charge in [0, 0.05) is 12.4 Å². The summed E-state index contributed by atoms with van der Waals surface area (Å²) in [5.74, 6) is 0.504. The highest BCUT2D eigenvalue weighted by Crippen LogP contribution is 2.12. The Hall–Kier alpha value is -2.50. The van der Waals surface area contributed by atoms with Crippen LogP contribution in [0.3, 0.4) is 0 Å². The van der Waals surface area contributed by atoms with Crippen molar-refractivity contribution < 1.29 is 9.53 Å². The Kier molecular flexibility index (Phi) is 4.47. The summed E-state index contributed by atoms with van der Waals surface area (Å²) in [6.07, 6.45) is 2.86. The SMILES string of the molecule is CC(C)(C)OC(=O)NCc1nccc(-c2ccccn2)n1. The van der Waals surface area contributed by atoms with Crippen LogP contribution in [0.15, 0.2) is 36.7 Å². The van der Waals surface area contributed by atoms with Gasteiger partial charge in [-0.15, -0.1) is 0 Å². The molecule has 0 spiro atoms. The first-order valence-electron chi connectivity index (χ1n) is 6.64. The van der Waals surface area contributed by atoms with Gasteiger partial charge in [-0.3, -0.25) is 4.98 Å². The van der Waals surface area contributed by atoms with Gasteiger partial charge >= 0.3 is 6.09 Å². The lowest BCUT2D eigenvalue weighted by molar-refractivity contribution is 0.0522. The van der Waals surface area contributed by atoms with E-state index in [0.717, 1.165) is 5.69 Å². The molecular formula is C15H18N4O2. The lowest BCUT2D eigenvalue weighted by Crippen LogP contribution is -2.32. The van der Waals surface area contributed by atoms with Crippen LogP contribution in [0.25, 0.3) is 11.4 Å². The normalized spacial score (nSPS) is 11.0. The molecule has 2 heterocycles. The van der Waals surface area contributed by atoms with Gasteiger partial charge in [0.15, 0.2) is 0 Å². The minimum Gasteiger partial charge on any atom is -0.444 e. The summed E-state index contributed by atoms with van der Waals surface area (Å²) in [6, 6.07) is 7.38. The minimum absolute atomic E-state index is 0.204. The molecule has 1 amide bonds. The summed E-state index contributed by atoms with van der Waals surface area (Å²) >= 11 is 0. The fraction of sp³-hybridized carbons (Fsp3) is 0.333. The van der Waals surface area contributed by atoms with Gasteiger partial charge in [-0.1, -0.05) is 6.07 Å². The second kappa shape index (κ2) is 6.30. The zero-order valence-electron chi connectivity index (χ0n) is 12.3. The molecule has 6 heteroatoms. The van der Waals surface area contributed by atoms with E-state index in [4.69, 9.17) is 4.74 Å². The third-order valence-corrected chi connectivity index (χ3v) is 2.42. The smallest absolute Gasteiger partial charge is 0.408 e. The number of pyridine rings is 1. The number of nitrogens with zero attached hydrogens (tertiary/aromatic N) is 3. The molecule has 0 atom stereocenters. The topological polar surface area (TPSA) is 77.0 Å². The van der Waals surface area contributed by atoms with Crippen LogP contribution >= 0.6 is 0 Å². The fourth-order valence-corrected chi connectivity index (χ4v) is 1.61. The molecule has 6 nitrogen and oxygen atoms in total. The predicted molar refractivity (Wildman–Crippen MR) is 78.3 cm³/mol. The van der Waals surface area contributed by atoms with E-state index in [2.05, 4.69) is 20.3 Å². The van der Waals surface area contributed by atoms with Crippen molar-refractivity contribution in [1.29, 1.82) is 0 Å². The van der Waals surface area contributed by atoms with Gasteiger partial charge in [-0.2, -0.15) is 0 Å². The fourth-order valence-electron chi connectivity index (χ4n) is 1.61. The first-order chi connectivity index (χ1) is 9.94. The molecule has 0 saturated heterocycles. The first-order valence-corrected chi connectivity index (χ1v) is 6.64. The maximum Gasteiger partial charge on any atom is 0.408 e. The van der Waals surface area contributed by atoms with E-state index in [1.165, 1.54) is 0 Å². The van der Waals surface area contributed by atoms with E-state index in [1.54, 1.807) is 18.5 Å². The van der Waals surface area contributed by atoms with E-state index in [-0.39, 0.29) is 6.54 Å². The van der Waals surface area contributed by atoms with Crippen LogP contribution in [0, 0.1) is 0 Å². The van der Waals surface area contributed by atoms with Crippen molar-refractivity contribution in [2.45, 2.75) is 32.9 Å². The van der Waals surface area contributed by atoms with Crippen molar-refractivity contribution >= 4 is 6.09 Å². The lowest BCUT2D eigenvalue weighted by Gasteiger charge is -2.19. The van der Waals surface area contributed by atoms with Gasteiger partial charge in [0.1, 0.15) is 11.4 Å². The van der Waals surface area contributed by atoms with E-state index in [1.807, 2.05) is 39.0 Å². The Morgan fingerprint density at radius 3 is 2.62 bits per heavy atom. The van der Waals surface area contributed by atoms with Crippen molar-refractivity contribution in [2.75, 3.05) is 0 Å². The van der Waals surface area contributed by atoms with Gasteiger partial charge < -0.3 is 10.1 Å². The van der Waals surface area contributed by atoms with Crippen LogP contribution < -0.4 is 5.32 Å². The summed E-state index contributed by atoms with van der Waals surface area (Å²) in [5, 5.41) is 2.63.